The number of para-hydroxylation sites is 1. The fraction of sp³-hybridized carbons (Fsp3) is 0.207. The van der Waals surface area contributed by atoms with Crippen molar-refractivity contribution in [3.8, 4) is 0 Å². The first-order chi connectivity index (χ1) is 17.4. The van der Waals surface area contributed by atoms with Crippen LogP contribution in [0.4, 0.5) is 5.82 Å². The van der Waals surface area contributed by atoms with Crippen LogP contribution in [0.15, 0.2) is 87.8 Å². The SMILES string of the molecule is CC1=C(C(=O)Nc2ccc(Br)cn2)C(c2ccc3c(c2)c2ccccc2n3C)C2=C(CCCC2=O)N1. The van der Waals surface area contributed by atoms with Gasteiger partial charge in [-0.25, -0.2) is 4.98 Å². The van der Waals surface area contributed by atoms with Gasteiger partial charge in [0.2, 0.25) is 0 Å². The molecule has 1 amide bonds. The van der Waals surface area contributed by atoms with E-state index in [0.717, 1.165) is 56.1 Å². The van der Waals surface area contributed by atoms with E-state index in [9.17, 15) is 9.59 Å². The molecule has 0 radical (unpaired) electrons. The third kappa shape index (κ3) is 3.66. The predicted molar refractivity (Wildman–Crippen MR) is 145 cm³/mol. The van der Waals surface area contributed by atoms with Crippen LogP contribution in [-0.2, 0) is 16.6 Å². The number of nitrogens with zero attached hydrogens (tertiary/aromatic N) is 2. The number of nitrogens with one attached hydrogen (secondary N) is 2. The largest absolute Gasteiger partial charge is 0.362 e. The number of carbonyl (C=O) groups excluding carboxylic acids is 2. The van der Waals surface area contributed by atoms with Crippen molar-refractivity contribution in [1.82, 2.24) is 14.9 Å². The summed E-state index contributed by atoms with van der Waals surface area (Å²) in [6.45, 7) is 1.91. The zero-order chi connectivity index (χ0) is 25.0. The highest BCUT2D eigenvalue weighted by atomic mass is 79.9. The zero-order valence-corrected chi connectivity index (χ0v) is 21.6. The van der Waals surface area contributed by atoms with E-state index in [1.165, 1.54) is 0 Å². The summed E-state index contributed by atoms with van der Waals surface area (Å²) in [5.41, 5.74) is 6.16. The number of amides is 1. The van der Waals surface area contributed by atoms with Gasteiger partial charge in [0.15, 0.2) is 5.78 Å². The highest BCUT2D eigenvalue weighted by molar-refractivity contribution is 9.10. The minimum Gasteiger partial charge on any atom is -0.362 e. The molecule has 0 fully saturated rings. The Hall–Kier alpha value is -3.71. The van der Waals surface area contributed by atoms with Gasteiger partial charge in [-0.3, -0.25) is 9.59 Å². The highest BCUT2D eigenvalue weighted by Crippen LogP contribution is 2.43. The first-order valence-corrected chi connectivity index (χ1v) is 12.9. The molecule has 4 aromatic rings. The molecule has 3 heterocycles. The van der Waals surface area contributed by atoms with E-state index in [-0.39, 0.29) is 11.7 Å². The van der Waals surface area contributed by atoms with E-state index in [4.69, 9.17) is 0 Å². The Morgan fingerprint density at radius 2 is 1.89 bits per heavy atom. The Kier molecular flexibility index (Phi) is 5.52. The fourth-order valence-electron chi connectivity index (χ4n) is 5.62. The van der Waals surface area contributed by atoms with Gasteiger partial charge in [0, 0.05) is 74.4 Å². The van der Waals surface area contributed by atoms with E-state index < -0.39 is 5.92 Å². The standard InChI is InChI=1S/C29H25BrN4O2/c1-16-26(29(36)33-25-13-11-18(30)15-31-25)27(28-21(32-16)7-5-9-24(28)35)17-10-12-23-20(14-17)19-6-3-4-8-22(19)34(23)2/h3-4,6,8,10-15,27,32H,5,7,9H2,1-2H3,(H,31,33,36). The molecule has 7 heteroatoms. The van der Waals surface area contributed by atoms with Crippen LogP contribution in [0, 0.1) is 0 Å². The Balaban J connectivity index is 1.51. The summed E-state index contributed by atoms with van der Waals surface area (Å²) in [5.74, 6) is -0.150. The molecule has 0 saturated carbocycles. The number of dihydropyridines is 1. The van der Waals surface area contributed by atoms with Gasteiger partial charge in [0.1, 0.15) is 5.82 Å². The second kappa shape index (κ2) is 8.75. The molecule has 1 atom stereocenters. The Bertz CT molecular complexity index is 1630. The number of fused-ring (bicyclic) bond motifs is 3. The molecule has 2 aromatic heterocycles. The fourth-order valence-corrected chi connectivity index (χ4v) is 5.85. The maximum Gasteiger partial charge on any atom is 0.255 e. The van der Waals surface area contributed by atoms with E-state index in [1.54, 1.807) is 12.3 Å². The maximum absolute atomic E-state index is 13.7. The van der Waals surface area contributed by atoms with Crippen LogP contribution >= 0.6 is 15.9 Å². The van der Waals surface area contributed by atoms with Crippen molar-refractivity contribution in [2.45, 2.75) is 32.1 Å². The van der Waals surface area contributed by atoms with Gasteiger partial charge in [-0.05, 0) is 71.6 Å². The van der Waals surface area contributed by atoms with Crippen LogP contribution in [-0.4, -0.2) is 21.2 Å². The highest BCUT2D eigenvalue weighted by Gasteiger charge is 2.38. The lowest BCUT2D eigenvalue weighted by atomic mass is 9.75. The van der Waals surface area contributed by atoms with Gasteiger partial charge < -0.3 is 15.2 Å². The van der Waals surface area contributed by atoms with Gasteiger partial charge in [0.05, 0.1) is 0 Å². The molecular formula is C29H25BrN4O2. The summed E-state index contributed by atoms with van der Waals surface area (Å²) >= 11 is 3.38. The molecular weight excluding hydrogens is 516 g/mol. The van der Waals surface area contributed by atoms with Gasteiger partial charge >= 0.3 is 0 Å². The molecule has 2 N–H and O–H groups in total. The molecule has 1 aliphatic carbocycles. The molecule has 0 bridgehead atoms. The number of anilines is 1. The number of carbonyl (C=O) groups is 2. The van der Waals surface area contributed by atoms with Gasteiger partial charge in [0.25, 0.3) is 5.91 Å². The summed E-state index contributed by atoms with van der Waals surface area (Å²) in [6, 6.07) is 18.2. The van der Waals surface area contributed by atoms with E-state index >= 15 is 0 Å². The number of benzene rings is 2. The van der Waals surface area contributed by atoms with E-state index in [1.807, 2.05) is 25.1 Å². The number of allylic oxidation sites excluding steroid dienone is 3. The topological polar surface area (TPSA) is 76.0 Å². The summed E-state index contributed by atoms with van der Waals surface area (Å²) in [7, 11) is 2.06. The molecule has 0 saturated heterocycles. The maximum atomic E-state index is 13.7. The third-order valence-corrected chi connectivity index (χ3v) is 7.73. The lowest BCUT2D eigenvalue weighted by Crippen LogP contribution is -2.35. The van der Waals surface area contributed by atoms with Crippen molar-refractivity contribution in [2.75, 3.05) is 5.32 Å². The lowest BCUT2D eigenvalue weighted by molar-refractivity contribution is -0.116. The van der Waals surface area contributed by atoms with Crippen molar-refractivity contribution < 1.29 is 9.59 Å². The average Bonchev–Trinajstić information content (AvgIpc) is 3.16. The minimum atomic E-state index is -0.451. The molecule has 2 aromatic carbocycles. The number of hydrogen-bond acceptors (Lipinski definition) is 4. The first kappa shape index (κ1) is 22.7. The third-order valence-electron chi connectivity index (χ3n) is 7.26. The van der Waals surface area contributed by atoms with Crippen molar-refractivity contribution in [3.63, 3.8) is 0 Å². The van der Waals surface area contributed by atoms with Crippen molar-refractivity contribution in [2.24, 2.45) is 7.05 Å². The van der Waals surface area contributed by atoms with Gasteiger partial charge in [-0.2, -0.15) is 0 Å². The predicted octanol–water partition coefficient (Wildman–Crippen LogP) is 6.10. The minimum absolute atomic E-state index is 0.103. The molecule has 180 valence electrons. The van der Waals surface area contributed by atoms with Crippen LogP contribution < -0.4 is 10.6 Å². The van der Waals surface area contributed by atoms with Crippen LogP contribution in [0.3, 0.4) is 0 Å². The molecule has 36 heavy (non-hydrogen) atoms. The number of ketones is 1. The Labute approximate surface area is 217 Å². The Morgan fingerprint density at radius 1 is 1.08 bits per heavy atom. The quantitative estimate of drug-likeness (QED) is 0.329. The van der Waals surface area contributed by atoms with Crippen molar-refractivity contribution >= 4 is 55.2 Å². The smallest absolute Gasteiger partial charge is 0.255 e. The van der Waals surface area contributed by atoms with E-state index in [2.05, 4.69) is 73.5 Å². The van der Waals surface area contributed by atoms with Crippen LogP contribution in [0.5, 0.6) is 0 Å². The summed E-state index contributed by atoms with van der Waals surface area (Å²) in [5, 5.41) is 8.60. The van der Waals surface area contributed by atoms with Crippen LogP contribution in [0.1, 0.15) is 37.7 Å². The lowest BCUT2D eigenvalue weighted by Gasteiger charge is -2.34. The molecule has 0 spiro atoms. The van der Waals surface area contributed by atoms with Gasteiger partial charge in [-0.15, -0.1) is 0 Å². The zero-order valence-electron chi connectivity index (χ0n) is 20.1. The Morgan fingerprint density at radius 3 is 2.69 bits per heavy atom. The second-order valence-corrected chi connectivity index (χ2v) is 10.3. The summed E-state index contributed by atoms with van der Waals surface area (Å²) in [6.07, 6.45) is 3.76. The summed E-state index contributed by atoms with van der Waals surface area (Å²) in [4.78, 5) is 31.3. The number of rotatable bonds is 3. The summed E-state index contributed by atoms with van der Waals surface area (Å²) < 4.78 is 3.01. The normalized spacial score (nSPS) is 18.0. The van der Waals surface area contributed by atoms with Crippen LogP contribution in [0.25, 0.3) is 21.8 Å². The number of hydrogen-bond donors (Lipinski definition) is 2. The van der Waals surface area contributed by atoms with Crippen LogP contribution in [0.2, 0.25) is 0 Å². The number of Topliss-reactive ketones (excluding diaryl/α,β-unsaturated/α-hetero) is 1. The number of pyridine rings is 1. The van der Waals surface area contributed by atoms with E-state index in [0.29, 0.717) is 23.4 Å². The molecule has 1 aliphatic heterocycles. The monoisotopic (exact) mass is 540 g/mol. The molecule has 6 rings (SSSR count). The number of halogens is 1. The average molecular weight is 541 g/mol. The number of aromatic nitrogens is 2. The van der Waals surface area contributed by atoms with Gasteiger partial charge in [-0.1, -0.05) is 24.3 Å². The second-order valence-electron chi connectivity index (χ2n) is 9.43. The molecule has 1 unspecified atom stereocenters. The van der Waals surface area contributed by atoms with Crippen molar-refractivity contribution in [3.05, 3.63) is 93.4 Å². The van der Waals surface area contributed by atoms with Crippen molar-refractivity contribution in [1.29, 1.82) is 0 Å². The number of aryl methyl sites for hydroxylation is 1. The molecule has 6 nitrogen and oxygen atoms in total. The molecule has 2 aliphatic rings. The first-order valence-electron chi connectivity index (χ1n) is 12.1.